The number of hydrogen-bond donors (Lipinski definition) is 2. The van der Waals surface area contributed by atoms with Gasteiger partial charge in [-0.05, 0) is 35.1 Å². The van der Waals surface area contributed by atoms with Gasteiger partial charge >= 0.3 is 12.1 Å². The van der Waals surface area contributed by atoms with Gasteiger partial charge < -0.3 is 15.2 Å². The fraction of sp³-hybridized carbons (Fsp3) is 0.423. The molecule has 0 fully saturated rings. The van der Waals surface area contributed by atoms with Gasteiger partial charge in [-0.15, -0.1) is 5.10 Å². The van der Waals surface area contributed by atoms with Crippen LogP contribution in [0.15, 0.2) is 48.8 Å². The summed E-state index contributed by atoms with van der Waals surface area (Å²) in [6.07, 6.45) is -1.68. The van der Waals surface area contributed by atoms with Crippen LogP contribution < -0.4 is 10.1 Å². The molecule has 38 heavy (non-hydrogen) atoms. The Balaban J connectivity index is 1.84. The number of carboxylic acid groups (broad SMARTS) is 1. The molecule has 2 atom stereocenters. The predicted molar refractivity (Wildman–Crippen MR) is 132 cm³/mol. The minimum absolute atomic E-state index is 0.0361. The Labute approximate surface area is 218 Å². The molecule has 204 valence electrons. The number of pyridine rings is 1. The van der Waals surface area contributed by atoms with Gasteiger partial charge in [-0.1, -0.05) is 57.2 Å². The first kappa shape index (κ1) is 28.6. The van der Waals surface area contributed by atoms with E-state index in [0.717, 1.165) is 17.3 Å². The fourth-order valence-corrected chi connectivity index (χ4v) is 3.68. The number of ether oxygens (including phenoxy) is 1. The summed E-state index contributed by atoms with van der Waals surface area (Å²) in [5.41, 5.74) is 2.34. The molecule has 0 aliphatic heterocycles. The standard InChI is InChI=1S/C26H30F3N5O4/c1-5-21(24(36)37)34-14-20(32-33-34)23(19-11-10-18(13-30-19)38-15-26(27,28)29)31-22(35)12-16-6-8-17(9-7-16)25(2,3)4/h6-11,13-14,21,23H,5,12,15H2,1-4H3,(H,31,35)(H,36,37)/t21?,23-/m1/s1. The van der Waals surface area contributed by atoms with Crippen molar-refractivity contribution in [3.8, 4) is 5.75 Å². The van der Waals surface area contributed by atoms with Crippen LogP contribution in [0.3, 0.4) is 0 Å². The number of halogens is 3. The fourth-order valence-electron chi connectivity index (χ4n) is 3.68. The van der Waals surface area contributed by atoms with Crippen LogP contribution in [0.25, 0.3) is 0 Å². The molecule has 0 saturated heterocycles. The number of nitrogens with zero attached hydrogens (tertiary/aromatic N) is 4. The van der Waals surface area contributed by atoms with Crippen molar-refractivity contribution < 1.29 is 32.6 Å². The third-order valence-corrected chi connectivity index (χ3v) is 5.76. The van der Waals surface area contributed by atoms with Gasteiger partial charge in [-0.3, -0.25) is 9.78 Å². The van der Waals surface area contributed by atoms with E-state index in [1.54, 1.807) is 6.92 Å². The number of aliphatic carboxylic acids is 1. The summed E-state index contributed by atoms with van der Waals surface area (Å²) in [6.45, 7) is 6.49. The van der Waals surface area contributed by atoms with Crippen LogP contribution in [-0.2, 0) is 21.4 Å². The van der Waals surface area contributed by atoms with E-state index in [2.05, 4.69) is 41.4 Å². The molecule has 2 aromatic heterocycles. The molecule has 1 aromatic carbocycles. The molecular weight excluding hydrogens is 503 g/mol. The van der Waals surface area contributed by atoms with Crippen molar-refractivity contribution in [3.05, 3.63) is 71.3 Å². The van der Waals surface area contributed by atoms with Crippen molar-refractivity contribution in [2.24, 2.45) is 0 Å². The third-order valence-electron chi connectivity index (χ3n) is 5.76. The first-order valence-corrected chi connectivity index (χ1v) is 12.0. The molecule has 0 aliphatic carbocycles. The normalized spacial score (nSPS) is 13.6. The number of carbonyl (C=O) groups excluding carboxylic acids is 1. The first-order chi connectivity index (χ1) is 17.8. The van der Waals surface area contributed by atoms with E-state index in [4.69, 9.17) is 4.74 Å². The Morgan fingerprint density at radius 3 is 2.29 bits per heavy atom. The van der Waals surface area contributed by atoms with Crippen molar-refractivity contribution in [2.75, 3.05) is 6.61 Å². The van der Waals surface area contributed by atoms with Crippen LogP contribution >= 0.6 is 0 Å². The zero-order valence-electron chi connectivity index (χ0n) is 21.5. The van der Waals surface area contributed by atoms with Gasteiger partial charge in [0.25, 0.3) is 0 Å². The van der Waals surface area contributed by atoms with Gasteiger partial charge in [0.05, 0.1) is 24.5 Å². The van der Waals surface area contributed by atoms with Crippen LogP contribution in [0.2, 0.25) is 0 Å². The lowest BCUT2D eigenvalue weighted by atomic mass is 9.86. The zero-order chi connectivity index (χ0) is 28.1. The van der Waals surface area contributed by atoms with Crippen LogP contribution in [0.1, 0.15) is 68.7 Å². The zero-order valence-corrected chi connectivity index (χ0v) is 21.5. The molecule has 3 aromatic rings. The van der Waals surface area contributed by atoms with E-state index >= 15 is 0 Å². The topological polar surface area (TPSA) is 119 Å². The number of hydrogen-bond acceptors (Lipinski definition) is 6. The molecule has 2 heterocycles. The van der Waals surface area contributed by atoms with Crippen molar-refractivity contribution in [3.63, 3.8) is 0 Å². The maximum Gasteiger partial charge on any atom is 0.422 e. The molecule has 0 aliphatic rings. The molecule has 12 heteroatoms. The lowest BCUT2D eigenvalue weighted by Crippen LogP contribution is -2.31. The van der Waals surface area contributed by atoms with Crippen LogP contribution in [0.5, 0.6) is 5.75 Å². The number of carbonyl (C=O) groups is 2. The van der Waals surface area contributed by atoms with Crippen molar-refractivity contribution >= 4 is 11.9 Å². The van der Waals surface area contributed by atoms with Crippen molar-refractivity contribution in [1.29, 1.82) is 0 Å². The van der Waals surface area contributed by atoms with Gasteiger partial charge in [-0.2, -0.15) is 13.2 Å². The average Bonchev–Trinajstić information content (AvgIpc) is 3.30. The molecule has 9 nitrogen and oxygen atoms in total. The second-order valence-electron chi connectivity index (χ2n) is 9.83. The molecule has 2 N–H and O–H groups in total. The number of amides is 1. The van der Waals surface area contributed by atoms with E-state index in [-0.39, 0.29) is 41.3 Å². The molecule has 0 radical (unpaired) electrons. The smallest absolute Gasteiger partial charge is 0.422 e. The Kier molecular flexibility index (Phi) is 8.74. The van der Waals surface area contributed by atoms with Gasteiger partial charge in [-0.25, -0.2) is 9.48 Å². The van der Waals surface area contributed by atoms with Crippen LogP contribution in [0, 0.1) is 0 Å². The quantitative estimate of drug-likeness (QED) is 0.397. The molecule has 0 spiro atoms. The largest absolute Gasteiger partial charge is 0.483 e. The second-order valence-corrected chi connectivity index (χ2v) is 9.83. The number of aromatic nitrogens is 4. The SMILES string of the molecule is CCC(C(=O)O)n1cc([C@H](NC(=O)Cc2ccc(C(C)(C)C)cc2)c2ccc(OCC(F)(F)F)cn2)nn1. The van der Waals surface area contributed by atoms with Crippen LogP contribution in [-0.4, -0.2) is 49.7 Å². The monoisotopic (exact) mass is 533 g/mol. The Hall–Kier alpha value is -3.96. The number of alkyl halides is 3. The van der Waals surface area contributed by atoms with Gasteiger partial charge in [0.2, 0.25) is 5.91 Å². The van der Waals surface area contributed by atoms with E-state index in [0.29, 0.717) is 0 Å². The van der Waals surface area contributed by atoms with E-state index in [1.165, 1.54) is 23.0 Å². The molecule has 3 rings (SSSR count). The first-order valence-electron chi connectivity index (χ1n) is 12.0. The maximum absolute atomic E-state index is 13.0. The highest BCUT2D eigenvalue weighted by Gasteiger charge is 2.29. The van der Waals surface area contributed by atoms with E-state index < -0.39 is 30.8 Å². The highest BCUT2D eigenvalue weighted by Crippen LogP contribution is 2.25. The molecule has 1 unspecified atom stereocenters. The minimum Gasteiger partial charge on any atom is -0.483 e. The minimum atomic E-state index is -4.50. The van der Waals surface area contributed by atoms with E-state index in [9.17, 15) is 27.9 Å². The molecule has 0 bridgehead atoms. The average molecular weight is 534 g/mol. The Morgan fingerprint density at radius 1 is 1.08 bits per heavy atom. The summed E-state index contributed by atoms with van der Waals surface area (Å²) in [6, 6.07) is 8.47. The lowest BCUT2D eigenvalue weighted by molar-refractivity contribution is -0.153. The molecule has 1 amide bonds. The van der Waals surface area contributed by atoms with E-state index in [1.807, 2.05) is 24.3 Å². The summed E-state index contributed by atoms with van der Waals surface area (Å²) in [5, 5.41) is 20.2. The highest BCUT2D eigenvalue weighted by atomic mass is 19.4. The lowest BCUT2D eigenvalue weighted by Gasteiger charge is -2.19. The summed E-state index contributed by atoms with van der Waals surface area (Å²) >= 11 is 0. The highest BCUT2D eigenvalue weighted by molar-refractivity contribution is 5.79. The maximum atomic E-state index is 13.0. The van der Waals surface area contributed by atoms with Gasteiger partial charge in [0.15, 0.2) is 12.6 Å². The summed E-state index contributed by atoms with van der Waals surface area (Å²) in [4.78, 5) is 28.7. The molecular formula is C26H30F3N5O4. The van der Waals surface area contributed by atoms with Gasteiger partial charge in [0.1, 0.15) is 17.5 Å². The van der Waals surface area contributed by atoms with Crippen LogP contribution in [0.4, 0.5) is 13.2 Å². The Bertz CT molecular complexity index is 1240. The number of benzene rings is 1. The molecule has 0 saturated carbocycles. The number of nitrogens with one attached hydrogen (secondary N) is 1. The summed E-state index contributed by atoms with van der Waals surface area (Å²) in [7, 11) is 0. The summed E-state index contributed by atoms with van der Waals surface area (Å²) < 4.78 is 43.3. The van der Waals surface area contributed by atoms with Gasteiger partial charge in [0, 0.05) is 0 Å². The second kappa shape index (κ2) is 11.6. The Morgan fingerprint density at radius 2 is 1.76 bits per heavy atom. The predicted octanol–water partition coefficient (Wildman–Crippen LogP) is 4.40. The van der Waals surface area contributed by atoms with Crippen molar-refractivity contribution in [2.45, 2.75) is 64.2 Å². The number of carboxylic acids is 1. The van der Waals surface area contributed by atoms with Crippen molar-refractivity contribution in [1.82, 2.24) is 25.3 Å². The summed E-state index contributed by atoms with van der Waals surface area (Å²) in [5.74, 6) is -1.55. The third kappa shape index (κ3) is 7.77. The number of rotatable bonds is 10.